The molecule has 1 aliphatic heterocycles. The lowest BCUT2D eigenvalue weighted by Gasteiger charge is -2.22. The van der Waals surface area contributed by atoms with E-state index in [2.05, 4.69) is 31.9 Å². The monoisotopic (exact) mass is 583 g/mol. The molecule has 14 heteroatoms. The highest BCUT2D eigenvalue weighted by molar-refractivity contribution is 5.83. The van der Waals surface area contributed by atoms with Crippen molar-refractivity contribution in [3.63, 3.8) is 0 Å². The van der Waals surface area contributed by atoms with E-state index in [1.165, 1.54) is 12.1 Å². The second kappa shape index (κ2) is 11.9. The molecule has 0 unspecified atom stereocenters. The summed E-state index contributed by atoms with van der Waals surface area (Å²) < 4.78 is 53.0. The first-order valence-corrected chi connectivity index (χ1v) is 12.8. The maximum atomic E-state index is 13.2. The second-order valence-electron chi connectivity index (χ2n) is 9.48. The van der Waals surface area contributed by atoms with Gasteiger partial charge in [0.05, 0.1) is 17.8 Å². The lowest BCUT2D eigenvalue weighted by Crippen LogP contribution is -2.29. The van der Waals surface area contributed by atoms with E-state index in [0.717, 1.165) is 48.4 Å². The number of aromatic nitrogens is 4. The topological polar surface area (TPSA) is 144 Å². The van der Waals surface area contributed by atoms with Gasteiger partial charge in [0.2, 0.25) is 5.89 Å². The Morgan fingerprint density at radius 3 is 2.43 bits per heavy atom. The molecule has 0 atom stereocenters. The molecule has 0 amide bonds. The molecule has 4 heterocycles. The number of nitrogens with zero attached hydrogens (tertiary/aromatic N) is 4. The first kappa shape index (κ1) is 28.5. The smallest absolute Gasteiger partial charge is 0.475 e. The van der Waals surface area contributed by atoms with E-state index < -0.39 is 12.1 Å². The highest BCUT2D eigenvalue weighted by Gasteiger charge is 2.38. The fourth-order valence-corrected chi connectivity index (χ4v) is 4.38. The fraction of sp³-hybridized carbons (Fsp3) is 0.214. The van der Waals surface area contributed by atoms with Crippen molar-refractivity contribution < 1.29 is 31.9 Å². The van der Waals surface area contributed by atoms with Crippen molar-refractivity contribution in [2.24, 2.45) is 0 Å². The number of pyridine rings is 1. The quantitative estimate of drug-likeness (QED) is 0.189. The van der Waals surface area contributed by atoms with E-state index in [1.807, 2.05) is 35.1 Å². The van der Waals surface area contributed by atoms with Crippen molar-refractivity contribution in [1.82, 2.24) is 25.1 Å². The number of rotatable bonds is 5. The van der Waals surface area contributed by atoms with Gasteiger partial charge in [0.25, 0.3) is 0 Å². The van der Waals surface area contributed by atoms with Crippen molar-refractivity contribution in [2.75, 3.05) is 24.1 Å². The molecule has 3 aromatic heterocycles. The number of aliphatic carboxylic acids is 1. The molecule has 6 rings (SSSR count). The van der Waals surface area contributed by atoms with Crippen LogP contribution in [0.4, 0.5) is 34.8 Å². The molecule has 2 aromatic carbocycles. The molecule has 1 saturated heterocycles. The first-order valence-electron chi connectivity index (χ1n) is 12.8. The Morgan fingerprint density at radius 2 is 1.74 bits per heavy atom. The molecular formula is C28H25F4N7O3. The highest BCUT2D eigenvalue weighted by atomic mass is 19.4. The van der Waals surface area contributed by atoms with Crippen molar-refractivity contribution in [3.05, 3.63) is 72.9 Å². The van der Waals surface area contributed by atoms with Gasteiger partial charge in [-0.3, -0.25) is 4.68 Å². The van der Waals surface area contributed by atoms with Crippen LogP contribution in [0.5, 0.6) is 0 Å². The predicted molar refractivity (Wildman–Crippen MR) is 147 cm³/mol. The van der Waals surface area contributed by atoms with Crippen LogP contribution in [0, 0.1) is 5.82 Å². The number of alkyl halides is 3. The summed E-state index contributed by atoms with van der Waals surface area (Å²) in [5.41, 5.74) is 11.6. The minimum absolute atomic E-state index is 0.280. The Morgan fingerprint density at radius 1 is 1.05 bits per heavy atom. The maximum absolute atomic E-state index is 13.2. The molecule has 0 bridgehead atoms. The lowest BCUT2D eigenvalue weighted by atomic mass is 10.1. The van der Waals surface area contributed by atoms with Crippen LogP contribution in [0.15, 0.2) is 71.5 Å². The van der Waals surface area contributed by atoms with Crippen LogP contribution in [-0.2, 0) is 4.79 Å². The van der Waals surface area contributed by atoms with Gasteiger partial charge < -0.3 is 25.9 Å². The van der Waals surface area contributed by atoms with Crippen molar-refractivity contribution in [3.8, 4) is 22.6 Å². The van der Waals surface area contributed by atoms with Gasteiger partial charge in [-0.05, 0) is 68.4 Å². The summed E-state index contributed by atoms with van der Waals surface area (Å²) in [6.07, 6.45) is 2.71. The minimum atomic E-state index is -5.08. The summed E-state index contributed by atoms with van der Waals surface area (Å²) >= 11 is 0. The standard InChI is InChI=1S/C26H24FN7O.C2HF3O2/c27-18-1-3-19(4-2-18)32-20-5-6-23-24(12-20)35-26(33-23)22-11-16(13-30-25(22)28)17-14-31-34(15-17)21-7-9-29-10-8-21;3-2(4,5)1(6)7/h1-6,11-15,21,29,32H,7-10H2,(H2,28,30);(H,6,7). The van der Waals surface area contributed by atoms with E-state index in [1.54, 1.807) is 18.3 Å². The Bertz CT molecular complexity index is 1690. The first-order chi connectivity index (χ1) is 20.1. The number of nitrogens with two attached hydrogens (primary N) is 1. The zero-order valence-corrected chi connectivity index (χ0v) is 21.9. The van der Waals surface area contributed by atoms with Gasteiger partial charge in [-0.2, -0.15) is 18.3 Å². The Hall–Kier alpha value is -4.98. The Kier molecular flexibility index (Phi) is 8.06. The van der Waals surface area contributed by atoms with Crippen molar-refractivity contribution in [1.29, 1.82) is 0 Å². The van der Waals surface area contributed by atoms with E-state index in [4.69, 9.17) is 20.1 Å². The largest absolute Gasteiger partial charge is 0.490 e. The Labute approximate surface area is 236 Å². The van der Waals surface area contributed by atoms with Crippen molar-refractivity contribution in [2.45, 2.75) is 25.1 Å². The van der Waals surface area contributed by atoms with Crippen LogP contribution < -0.4 is 16.4 Å². The predicted octanol–water partition coefficient (Wildman–Crippen LogP) is 5.78. The second-order valence-corrected chi connectivity index (χ2v) is 9.48. The summed E-state index contributed by atoms with van der Waals surface area (Å²) in [5, 5.41) is 18.3. The number of hydrogen-bond acceptors (Lipinski definition) is 8. The van der Waals surface area contributed by atoms with Gasteiger partial charge in [0.15, 0.2) is 5.58 Å². The number of benzene rings is 2. The normalized spacial score (nSPS) is 13.9. The van der Waals surface area contributed by atoms with Gasteiger partial charge in [0, 0.05) is 41.0 Å². The highest BCUT2D eigenvalue weighted by Crippen LogP contribution is 2.33. The molecular weight excluding hydrogens is 558 g/mol. The third-order valence-electron chi connectivity index (χ3n) is 6.53. The summed E-state index contributed by atoms with van der Waals surface area (Å²) in [7, 11) is 0. The number of halogens is 4. The molecule has 0 radical (unpaired) electrons. The fourth-order valence-electron chi connectivity index (χ4n) is 4.38. The molecule has 42 heavy (non-hydrogen) atoms. The number of carboxylic acid groups (broad SMARTS) is 1. The van der Waals surface area contributed by atoms with Crippen LogP contribution >= 0.6 is 0 Å². The van der Waals surface area contributed by atoms with Gasteiger partial charge in [-0.25, -0.2) is 19.2 Å². The average Bonchev–Trinajstić information content (AvgIpc) is 3.63. The van der Waals surface area contributed by atoms with Crippen LogP contribution in [-0.4, -0.2) is 50.1 Å². The zero-order valence-electron chi connectivity index (χ0n) is 21.9. The van der Waals surface area contributed by atoms with Gasteiger partial charge >= 0.3 is 12.1 Å². The SMILES string of the molecule is Nc1ncc(-c2cnn(C3CCNCC3)c2)cc1-c1nc2ccc(Nc3ccc(F)cc3)cc2o1.O=C(O)C(F)(F)F. The van der Waals surface area contributed by atoms with E-state index in [-0.39, 0.29) is 5.82 Å². The number of fused-ring (bicyclic) bond motifs is 1. The van der Waals surface area contributed by atoms with Gasteiger partial charge in [-0.1, -0.05) is 0 Å². The lowest BCUT2D eigenvalue weighted by molar-refractivity contribution is -0.192. The summed E-state index contributed by atoms with van der Waals surface area (Å²) in [6, 6.07) is 14.1. The Balaban J connectivity index is 0.000000451. The number of anilines is 3. The van der Waals surface area contributed by atoms with E-state index >= 15 is 0 Å². The van der Waals surface area contributed by atoms with Crippen molar-refractivity contribution >= 4 is 34.3 Å². The number of carboxylic acids is 1. The minimum Gasteiger partial charge on any atom is -0.475 e. The third kappa shape index (κ3) is 6.66. The molecule has 5 N–H and O–H groups in total. The summed E-state index contributed by atoms with van der Waals surface area (Å²) in [6.45, 7) is 2.01. The molecule has 218 valence electrons. The molecule has 1 aliphatic rings. The van der Waals surface area contributed by atoms with Crippen LogP contribution in [0.25, 0.3) is 33.7 Å². The van der Waals surface area contributed by atoms with Gasteiger partial charge in [0.1, 0.15) is 17.2 Å². The number of oxazole rings is 1. The summed E-state index contributed by atoms with van der Waals surface area (Å²) in [5.74, 6) is -2.29. The third-order valence-corrected chi connectivity index (χ3v) is 6.53. The number of piperidine rings is 1. The van der Waals surface area contributed by atoms with Crippen LogP contribution in [0.1, 0.15) is 18.9 Å². The van der Waals surface area contributed by atoms with E-state index in [9.17, 15) is 17.6 Å². The molecule has 10 nitrogen and oxygen atoms in total. The number of nitrogen functional groups attached to an aromatic ring is 1. The maximum Gasteiger partial charge on any atom is 0.490 e. The molecule has 0 spiro atoms. The molecule has 5 aromatic rings. The van der Waals surface area contributed by atoms with Crippen LogP contribution in [0.2, 0.25) is 0 Å². The zero-order chi connectivity index (χ0) is 29.9. The molecule has 0 aliphatic carbocycles. The number of nitrogens with one attached hydrogen (secondary N) is 2. The summed E-state index contributed by atoms with van der Waals surface area (Å²) in [4.78, 5) is 17.9. The number of carbonyl (C=O) groups is 1. The molecule has 0 saturated carbocycles. The van der Waals surface area contributed by atoms with Gasteiger partial charge in [-0.15, -0.1) is 0 Å². The molecule has 1 fully saturated rings. The van der Waals surface area contributed by atoms with E-state index in [0.29, 0.717) is 34.4 Å². The average molecular weight is 584 g/mol. The van der Waals surface area contributed by atoms with Crippen LogP contribution in [0.3, 0.4) is 0 Å². The number of hydrogen-bond donors (Lipinski definition) is 4.